The number of nitrogens with zero attached hydrogens (tertiary/aromatic N) is 4. The van der Waals surface area contributed by atoms with Crippen LogP contribution in [0.15, 0.2) is 49.1 Å². The van der Waals surface area contributed by atoms with Gasteiger partial charge in [0.25, 0.3) is 0 Å². The van der Waals surface area contributed by atoms with Crippen LogP contribution in [0.1, 0.15) is 45.7 Å². The summed E-state index contributed by atoms with van der Waals surface area (Å²) >= 11 is 0. The predicted octanol–water partition coefficient (Wildman–Crippen LogP) is 1.41. The summed E-state index contributed by atoms with van der Waals surface area (Å²) in [6.45, 7) is 2.40. The van der Waals surface area contributed by atoms with E-state index >= 15 is 0 Å². The largest absolute Gasteiger partial charge is 0.393 e. The molecule has 3 aromatic rings. The molecule has 0 saturated heterocycles. The number of carbonyl (C=O) groups is 1. The van der Waals surface area contributed by atoms with Crippen LogP contribution < -0.4 is 5.14 Å². The van der Waals surface area contributed by atoms with E-state index in [2.05, 4.69) is 19.2 Å². The smallest absolute Gasteiger partial charge is 0.333 e. The maximum absolute atomic E-state index is 13.2. The topological polar surface area (TPSA) is 150 Å². The molecular formula is C23H27N5O5S. The molecule has 3 N–H and O–H groups in total. The first kappa shape index (κ1) is 24.1. The van der Waals surface area contributed by atoms with Crippen molar-refractivity contribution in [1.82, 2.24) is 19.7 Å². The molecule has 0 radical (unpaired) electrons. The molecule has 1 aromatic carbocycles. The highest BCUT2D eigenvalue weighted by molar-refractivity contribution is 7.84. The summed E-state index contributed by atoms with van der Waals surface area (Å²) in [5.41, 5.74) is 3.49. The summed E-state index contributed by atoms with van der Waals surface area (Å²) in [4.78, 5) is 21.5. The van der Waals surface area contributed by atoms with Gasteiger partial charge in [0.2, 0.25) is 5.78 Å². The number of aromatic nitrogens is 4. The van der Waals surface area contributed by atoms with E-state index in [1.54, 1.807) is 16.9 Å². The summed E-state index contributed by atoms with van der Waals surface area (Å²) in [6, 6.07) is 9.79. The molecular weight excluding hydrogens is 458 g/mol. The quantitative estimate of drug-likeness (QED) is 0.432. The molecule has 2 heterocycles. The lowest BCUT2D eigenvalue weighted by molar-refractivity contribution is 0.100. The van der Waals surface area contributed by atoms with Crippen LogP contribution in [0.3, 0.4) is 0 Å². The van der Waals surface area contributed by atoms with E-state index in [4.69, 9.17) is 5.14 Å². The molecule has 1 saturated carbocycles. The maximum atomic E-state index is 13.2. The second-order valence-electron chi connectivity index (χ2n) is 8.74. The van der Waals surface area contributed by atoms with Crippen LogP contribution in [0.5, 0.6) is 0 Å². The van der Waals surface area contributed by atoms with Crippen LogP contribution in [0.25, 0.3) is 0 Å². The molecule has 0 unspecified atom stereocenters. The number of hydrogen-bond donors (Lipinski definition) is 2. The predicted molar refractivity (Wildman–Crippen MR) is 123 cm³/mol. The fourth-order valence-electron chi connectivity index (χ4n) is 4.31. The van der Waals surface area contributed by atoms with Gasteiger partial charge < -0.3 is 5.11 Å². The Morgan fingerprint density at radius 3 is 2.74 bits per heavy atom. The third-order valence-corrected chi connectivity index (χ3v) is 6.53. The first-order valence-corrected chi connectivity index (χ1v) is 12.4. The molecule has 3 atom stereocenters. The zero-order valence-corrected chi connectivity index (χ0v) is 19.6. The van der Waals surface area contributed by atoms with Crippen molar-refractivity contribution in [3.8, 4) is 0 Å². The van der Waals surface area contributed by atoms with Gasteiger partial charge in [-0.3, -0.25) is 13.7 Å². The molecule has 1 aliphatic rings. The molecule has 1 aliphatic carbocycles. The summed E-state index contributed by atoms with van der Waals surface area (Å²) in [5.74, 6) is -0.627. The second-order valence-corrected chi connectivity index (χ2v) is 9.96. The van der Waals surface area contributed by atoms with Gasteiger partial charge in [0.05, 0.1) is 30.5 Å². The molecule has 0 bridgehead atoms. The van der Waals surface area contributed by atoms with Gasteiger partial charge in [-0.15, -0.1) is 0 Å². The maximum Gasteiger partial charge on any atom is 0.333 e. The van der Waals surface area contributed by atoms with Crippen molar-refractivity contribution in [2.45, 2.75) is 38.8 Å². The van der Waals surface area contributed by atoms with E-state index in [-0.39, 0.29) is 24.2 Å². The molecule has 11 heteroatoms. The van der Waals surface area contributed by atoms with Gasteiger partial charge in [-0.1, -0.05) is 29.8 Å². The van der Waals surface area contributed by atoms with Crippen LogP contribution in [0, 0.1) is 18.8 Å². The van der Waals surface area contributed by atoms with E-state index in [0.29, 0.717) is 42.8 Å². The molecule has 1 fully saturated rings. The number of rotatable bonds is 9. The summed E-state index contributed by atoms with van der Waals surface area (Å²) in [5, 5.41) is 19.6. The van der Waals surface area contributed by atoms with Crippen molar-refractivity contribution in [2.24, 2.45) is 17.0 Å². The Hall–Kier alpha value is -2.99. The Bertz CT molecular complexity index is 1260. The SMILES string of the molecule is Cc1ccc(Cn2ccc(C(=O)c3cncnc3C[C@@H]3C[C@H](COS(N)(=O)=O)[C@@H](O)C3)n2)cc1. The van der Waals surface area contributed by atoms with Crippen molar-refractivity contribution in [3.63, 3.8) is 0 Å². The first-order valence-electron chi connectivity index (χ1n) is 11.0. The fraction of sp³-hybridized carbons (Fsp3) is 0.391. The Morgan fingerprint density at radius 2 is 2.00 bits per heavy atom. The standard InChI is InChI=1S/C23H27N5O5S/c1-15-2-4-16(5-3-15)12-28-7-6-20(27-28)23(30)19-11-25-14-26-21(19)9-17-8-18(22(29)10-17)13-33-34(24,31)32/h2-7,11,14,17-18,22,29H,8-10,12-13H2,1H3,(H2,24,31,32)/t17-,18+,22-/m0/s1. The third-order valence-electron chi connectivity index (χ3n) is 6.06. The number of nitrogens with two attached hydrogens (primary N) is 1. The lowest BCUT2D eigenvalue weighted by Crippen LogP contribution is -2.24. The van der Waals surface area contributed by atoms with Crippen molar-refractivity contribution >= 4 is 16.1 Å². The number of ketones is 1. The van der Waals surface area contributed by atoms with Crippen molar-refractivity contribution in [1.29, 1.82) is 0 Å². The Kier molecular flexibility index (Phi) is 7.17. The number of carbonyl (C=O) groups excluding carboxylic acids is 1. The van der Waals surface area contributed by atoms with Gasteiger partial charge in [0.1, 0.15) is 12.0 Å². The third kappa shape index (κ3) is 6.11. The van der Waals surface area contributed by atoms with E-state index < -0.39 is 16.4 Å². The lowest BCUT2D eigenvalue weighted by Gasteiger charge is -2.13. The molecule has 4 rings (SSSR count). The van der Waals surface area contributed by atoms with Gasteiger partial charge in [0, 0.05) is 18.3 Å². The van der Waals surface area contributed by atoms with E-state index in [0.717, 1.165) is 5.56 Å². The van der Waals surface area contributed by atoms with Crippen molar-refractivity contribution in [2.75, 3.05) is 6.61 Å². The number of aliphatic hydroxyl groups is 1. The average molecular weight is 486 g/mol. The van der Waals surface area contributed by atoms with E-state index in [9.17, 15) is 18.3 Å². The van der Waals surface area contributed by atoms with Gasteiger partial charge in [-0.2, -0.15) is 13.5 Å². The normalized spacial score (nSPS) is 20.5. The van der Waals surface area contributed by atoms with Crippen LogP contribution in [-0.4, -0.2) is 51.8 Å². The number of benzene rings is 1. The number of aryl methyl sites for hydroxylation is 1. The van der Waals surface area contributed by atoms with Gasteiger partial charge in [0.15, 0.2) is 0 Å². The minimum atomic E-state index is -4.07. The molecule has 10 nitrogen and oxygen atoms in total. The highest BCUT2D eigenvalue weighted by atomic mass is 32.2. The molecule has 34 heavy (non-hydrogen) atoms. The van der Waals surface area contributed by atoms with E-state index in [1.807, 2.05) is 31.2 Å². The monoisotopic (exact) mass is 485 g/mol. The fourth-order valence-corrected chi connectivity index (χ4v) is 4.68. The van der Waals surface area contributed by atoms with Crippen molar-refractivity contribution in [3.05, 3.63) is 77.1 Å². The summed E-state index contributed by atoms with van der Waals surface area (Å²) < 4.78 is 28.5. The summed E-state index contributed by atoms with van der Waals surface area (Å²) in [6.07, 6.45) is 5.33. The van der Waals surface area contributed by atoms with Gasteiger partial charge in [-0.25, -0.2) is 15.1 Å². The minimum absolute atomic E-state index is 0.00428. The van der Waals surface area contributed by atoms with Gasteiger partial charge in [-0.05, 0) is 43.7 Å². The minimum Gasteiger partial charge on any atom is -0.393 e. The molecule has 0 aliphatic heterocycles. The molecule has 0 spiro atoms. The molecule has 2 aromatic heterocycles. The average Bonchev–Trinajstić information content (AvgIpc) is 3.39. The summed E-state index contributed by atoms with van der Waals surface area (Å²) in [7, 11) is -4.07. The van der Waals surface area contributed by atoms with Crippen LogP contribution in [-0.2, 0) is 27.5 Å². The second kappa shape index (κ2) is 10.1. The Balaban J connectivity index is 1.44. The lowest BCUT2D eigenvalue weighted by atomic mass is 9.96. The molecule has 180 valence electrons. The van der Waals surface area contributed by atoms with Crippen LogP contribution in [0.2, 0.25) is 0 Å². The number of hydrogen-bond acceptors (Lipinski definition) is 8. The molecule has 0 amide bonds. The number of aliphatic hydroxyl groups excluding tert-OH is 1. The van der Waals surface area contributed by atoms with Crippen molar-refractivity contribution < 1.29 is 22.5 Å². The highest BCUT2D eigenvalue weighted by Crippen LogP contribution is 2.34. The zero-order valence-electron chi connectivity index (χ0n) is 18.7. The van der Waals surface area contributed by atoms with Gasteiger partial charge >= 0.3 is 10.3 Å². The first-order chi connectivity index (χ1) is 16.2. The van der Waals surface area contributed by atoms with Crippen LogP contribution >= 0.6 is 0 Å². The Labute approximate surface area is 198 Å². The van der Waals surface area contributed by atoms with E-state index in [1.165, 1.54) is 18.1 Å². The Morgan fingerprint density at radius 1 is 1.24 bits per heavy atom. The zero-order chi connectivity index (χ0) is 24.3. The highest BCUT2D eigenvalue weighted by Gasteiger charge is 2.35. The van der Waals surface area contributed by atoms with Crippen LogP contribution in [0.4, 0.5) is 0 Å².